The molecule has 0 bridgehead atoms. The fourth-order valence-corrected chi connectivity index (χ4v) is 0.325. The molecule has 4 N–H and O–H groups in total. The van der Waals surface area contributed by atoms with E-state index in [2.05, 4.69) is 0 Å². The molecular weight excluding hydrogens is 114 g/mol. The Balaban J connectivity index is 3.10. The molecule has 2 nitrogen and oxygen atoms in total. The highest BCUT2D eigenvalue weighted by atomic mass is 19.3. The summed E-state index contributed by atoms with van der Waals surface area (Å²) in [6.45, 7) is 0.129. The third-order valence-corrected chi connectivity index (χ3v) is 0.784. The summed E-state index contributed by atoms with van der Waals surface area (Å²) in [7, 11) is 0. The van der Waals surface area contributed by atoms with Crippen LogP contribution < -0.4 is 11.5 Å². The molecule has 8 heavy (non-hydrogen) atoms. The van der Waals surface area contributed by atoms with Crippen LogP contribution in [0.5, 0.6) is 0 Å². The van der Waals surface area contributed by atoms with E-state index in [1.807, 2.05) is 0 Å². The molecule has 0 fully saturated rings. The minimum Gasteiger partial charge on any atom is -0.329 e. The molecule has 50 valence electrons. The van der Waals surface area contributed by atoms with Gasteiger partial charge < -0.3 is 11.5 Å². The normalized spacial score (nSPS) is 14.6. The quantitative estimate of drug-likeness (QED) is 0.553. The van der Waals surface area contributed by atoms with Crippen molar-refractivity contribution in [3.63, 3.8) is 0 Å². The lowest BCUT2D eigenvalue weighted by Crippen LogP contribution is -2.31. The summed E-state index contributed by atoms with van der Waals surface area (Å²) in [5.74, 6) is 0. The predicted octanol–water partition coefficient (Wildman–Crippen LogP) is -0.0724. The first-order valence-electron chi connectivity index (χ1n) is 2.40. The standard InChI is InChI=1S/C4H10F2N2/c5-4(6)1-3(8)2-7/h3-4H,1-2,7-8H2/t3-/m0/s1. The van der Waals surface area contributed by atoms with Gasteiger partial charge in [-0.2, -0.15) is 0 Å². The Labute approximate surface area is 46.8 Å². The van der Waals surface area contributed by atoms with E-state index >= 15 is 0 Å². The lowest BCUT2D eigenvalue weighted by Gasteiger charge is -2.05. The molecule has 1 atom stereocenters. The SMILES string of the molecule is NC[C@@H](N)CC(F)F. The summed E-state index contributed by atoms with van der Waals surface area (Å²) < 4.78 is 22.7. The van der Waals surface area contributed by atoms with Crippen molar-refractivity contribution in [3.05, 3.63) is 0 Å². The molecule has 0 radical (unpaired) electrons. The molecule has 0 aliphatic heterocycles. The fourth-order valence-electron chi connectivity index (χ4n) is 0.325. The van der Waals surface area contributed by atoms with Gasteiger partial charge in [-0.3, -0.25) is 0 Å². The molecule has 0 aliphatic carbocycles. The van der Waals surface area contributed by atoms with Gasteiger partial charge >= 0.3 is 0 Å². The molecule has 0 heterocycles. The molecule has 0 aromatic carbocycles. The van der Waals surface area contributed by atoms with Crippen molar-refractivity contribution in [1.29, 1.82) is 0 Å². The van der Waals surface area contributed by atoms with Crippen LogP contribution in [0.25, 0.3) is 0 Å². The smallest absolute Gasteiger partial charge is 0.240 e. The van der Waals surface area contributed by atoms with Gasteiger partial charge in [0.15, 0.2) is 0 Å². The van der Waals surface area contributed by atoms with E-state index in [1.165, 1.54) is 0 Å². The molecular formula is C4H10F2N2. The van der Waals surface area contributed by atoms with Gasteiger partial charge in [-0.05, 0) is 0 Å². The third kappa shape index (κ3) is 3.95. The van der Waals surface area contributed by atoms with Crippen LogP contribution in [0.15, 0.2) is 0 Å². The molecule has 0 rings (SSSR count). The maximum atomic E-state index is 11.3. The summed E-state index contributed by atoms with van der Waals surface area (Å²) in [5, 5.41) is 0. The number of hydrogen-bond acceptors (Lipinski definition) is 2. The molecule has 0 aromatic heterocycles. The summed E-state index contributed by atoms with van der Waals surface area (Å²) >= 11 is 0. The van der Waals surface area contributed by atoms with E-state index in [4.69, 9.17) is 11.5 Å². The number of alkyl halides is 2. The second-order valence-corrected chi connectivity index (χ2v) is 1.62. The van der Waals surface area contributed by atoms with Crippen LogP contribution in [0.1, 0.15) is 6.42 Å². The molecule has 0 saturated heterocycles. The van der Waals surface area contributed by atoms with Crippen LogP contribution >= 0.6 is 0 Å². The van der Waals surface area contributed by atoms with Crippen molar-refractivity contribution in [2.24, 2.45) is 11.5 Å². The van der Waals surface area contributed by atoms with Crippen LogP contribution in [0.3, 0.4) is 0 Å². The van der Waals surface area contributed by atoms with Crippen LogP contribution in [0.4, 0.5) is 8.78 Å². The van der Waals surface area contributed by atoms with Crippen LogP contribution in [0.2, 0.25) is 0 Å². The minimum absolute atomic E-state index is 0.129. The first-order chi connectivity index (χ1) is 3.66. The average Bonchev–Trinajstić information content (AvgIpc) is 1.65. The highest BCUT2D eigenvalue weighted by Crippen LogP contribution is 1.99. The lowest BCUT2D eigenvalue weighted by molar-refractivity contribution is 0.129. The molecule has 0 aromatic rings. The summed E-state index contributed by atoms with van der Waals surface area (Å²) in [6.07, 6.45) is -2.62. The van der Waals surface area contributed by atoms with Gasteiger partial charge in [-0.25, -0.2) is 8.78 Å². The van der Waals surface area contributed by atoms with Crippen molar-refractivity contribution in [3.8, 4) is 0 Å². The number of hydrogen-bond donors (Lipinski definition) is 2. The Morgan fingerprint density at radius 3 is 2.00 bits per heavy atom. The van der Waals surface area contributed by atoms with Gasteiger partial charge in [0, 0.05) is 19.0 Å². The zero-order chi connectivity index (χ0) is 6.57. The third-order valence-electron chi connectivity index (χ3n) is 0.784. The lowest BCUT2D eigenvalue weighted by atomic mass is 10.2. The fraction of sp³-hybridized carbons (Fsp3) is 1.00. The van der Waals surface area contributed by atoms with E-state index in [-0.39, 0.29) is 13.0 Å². The monoisotopic (exact) mass is 124 g/mol. The van der Waals surface area contributed by atoms with E-state index in [0.29, 0.717) is 0 Å². The molecule has 4 heteroatoms. The van der Waals surface area contributed by atoms with E-state index in [0.717, 1.165) is 0 Å². The summed E-state index contributed by atoms with van der Waals surface area (Å²) in [5.41, 5.74) is 10.0. The molecule has 0 amide bonds. The highest BCUT2D eigenvalue weighted by Gasteiger charge is 2.07. The number of nitrogens with two attached hydrogens (primary N) is 2. The van der Waals surface area contributed by atoms with Gasteiger partial charge in [0.1, 0.15) is 0 Å². The first kappa shape index (κ1) is 7.78. The largest absolute Gasteiger partial charge is 0.329 e. The van der Waals surface area contributed by atoms with Crippen LogP contribution in [0, 0.1) is 0 Å². The Hall–Kier alpha value is -0.220. The van der Waals surface area contributed by atoms with Crippen molar-refractivity contribution >= 4 is 0 Å². The predicted molar refractivity (Wildman–Crippen MR) is 27.7 cm³/mol. The maximum Gasteiger partial charge on any atom is 0.240 e. The molecule has 0 unspecified atom stereocenters. The van der Waals surface area contributed by atoms with Gasteiger partial charge in [-0.15, -0.1) is 0 Å². The minimum atomic E-state index is -2.33. The molecule has 0 spiro atoms. The Bertz CT molecular complexity index is 58.0. The zero-order valence-electron chi connectivity index (χ0n) is 4.48. The van der Waals surface area contributed by atoms with Crippen LogP contribution in [-0.4, -0.2) is 19.0 Å². The Morgan fingerprint density at radius 1 is 1.38 bits per heavy atom. The van der Waals surface area contributed by atoms with Gasteiger partial charge in [0.05, 0.1) is 0 Å². The topological polar surface area (TPSA) is 52.0 Å². The van der Waals surface area contributed by atoms with Crippen molar-refractivity contribution in [2.75, 3.05) is 6.54 Å². The average molecular weight is 124 g/mol. The number of rotatable bonds is 3. The van der Waals surface area contributed by atoms with Crippen molar-refractivity contribution < 1.29 is 8.78 Å². The van der Waals surface area contributed by atoms with Gasteiger partial charge in [0.25, 0.3) is 0 Å². The van der Waals surface area contributed by atoms with Crippen molar-refractivity contribution in [2.45, 2.75) is 18.9 Å². The molecule has 0 saturated carbocycles. The zero-order valence-corrected chi connectivity index (χ0v) is 4.48. The Morgan fingerprint density at radius 2 is 1.88 bits per heavy atom. The highest BCUT2D eigenvalue weighted by molar-refractivity contribution is 4.61. The van der Waals surface area contributed by atoms with Gasteiger partial charge in [0.2, 0.25) is 6.43 Å². The van der Waals surface area contributed by atoms with E-state index in [1.54, 1.807) is 0 Å². The number of halogens is 2. The second kappa shape index (κ2) is 3.74. The van der Waals surface area contributed by atoms with Crippen LogP contribution in [-0.2, 0) is 0 Å². The van der Waals surface area contributed by atoms with Crippen molar-refractivity contribution in [1.82, 2.24) is 0 Å². The maximum absolute atomic E-state index is 11.3. The van der Waals surface area contributed by atoms with E-state index in [9.17, 15) is 8.78 Å². The van der Waals surface area contributed by atoms with Gasteiger partial charge in [-0.1, -0.05) is 0 Å². The first-order valence-corrected chi connectivity index (χ1v) is 2.40. The molecule has 0 aliphatic rings. The van der Waals surface area contributed by atoms with E-state index < -0.39 is 12.5 Å². The summed E-state index contributed by atoms with van der Waals surface area (Å²) in [4.78, 5) is 0. The summed E-state index contributed by atoms with van der Waals surface area (Å²) in [6, 6.07) is -0.546. The second-order valence-electron chi connectivity index (χ2n) is 1.62. The Kier molecular flexibility index (Phi) is 3.64.